The molecule has 0 fully saturated rings. The molecule has 172 valence electrons. The summed E-state index contributed by atoms with van der Waals surface area (Å²) >= 11 is 5.53. The predicted molar refractivity (Wildman–Crippen MR) is 148 cm³/mol. The lowest BCUT2D eigenvalue weighted by Crippen LogP contribution is -2.37. The molecular weight excluding hydrogens is 436 g/mol. The molecule has 0 atom stereocenters. The summed E-state index contributed by atoms with van der Waals surface area (Å²) in [5.41, 5.74) is 8.16. The molecule has 0 amide bonds. The van der Waals surface area contributed by atoms with Crippen LogP contribution in [0.15, 0.2) is 77.8 Å². The van der Waals surface area contributed by atoms with Gasteiger partial charge in [0.15, 0.2) is 5.11 Å². The molecule has 0 saturated heterocycles. The number of aliphatic imine (C=N–C) groups is 1. The minimum atomic E-state index is 0.142. The van der Waals surface area contributed by atoms with Crippen LogP contribution in [0.5, 0.6) is 0 Å². The smallest absolute Gasteiger partial charge is 0.175 e. The van der Waals surface area contributed by atoms with E-state index in [-0.39, 0.29) is 5.41 Å². The van der Waals surface area contributed by atoms with Crippen molar-refractivity contribution in [1.82, 2.24) is 4.90 Å². The standard InChI is InChI=1S/C29H30N4S/c1-29(2,3)22-13-10-20(11-14-22)26-18-21-12-15-24(19-25(21)27-30-16-7-17-33(26)27)32-28(34)31-23-8-5-4-6-9-23/h4-6,8-15,18-19H,7,16-17H2,1-3H3,(H2,31,32,34). The number of fused-ring (bicyclic) bond motifs is 3. The van der Waals surface area contributed by atoms with Crippen molar-refractivity contribution >= 4 is 46.3 Å². The van der Waals surface area contributed by atoms with Crippen LogP contribution in [0.25, 0.3) is 11.8 Å². The molecule has 0 unspecified atom stereocenters. The van der Waals surface area contributed by atoms with Crippen molar-refractivity contribution in [3.8, 4) is 0 Å². The van der Waals surface area contributed by atoms with Crippen molar-refractivity contribution in [3.63, 3.8) is 0 Å². The van der Waals surface area contributed by atoms with Crippen molar-refractivity contribution in [1.29, 1.82) is 0 Å². The average molecular weight is 467 g/mol. The van der Waals surface area contributed by atoms with Gasteiger partial charge in [0.25, 0.3) is 0 Å². The molecule has 2 N–H and O–H groups in total. The van der Waals surface area contributed by atoms with Crippen molar-refractivity contribution in [3.05, 3.63) is 95.1 Å². The molecule has 5 rings (SSSR count). The van der Waals surface area contributed by atoms with Crippen molar-refractivity contribution in [2.75, 3.05) is 23.7 Å². The van der Waals surface area contributed by atoms with Gasteiger partial charge in [-0.3, -0.25) is 4.99 Å². The third-order valence-electron chi connectivity index (χ3n) is 6.27. The highest BCUT2D eigenvalue weighted by molar-refractivity contribution is 7.80. The summed E-state index contributed by atoms with van der Waals surface area (Å²) in [7, 11) is 0. The number of para-hydroxylation sites is 1. The van der Waals surface area contributed by atoms with Crippen LogP contribution < -0.4 is 10.6 Å². The van der Waals surface area contributed by atoms with Crippen LogP contribution in [-0.4, -0.2) is 28.9 Å². The third-order valence-corrected chi connectivity index (χ3v) is 6.47. The van der Waals surface area contributed by atoms with E-state index in [0.717, 1.165) is 42.3 Å². The molecular formula is C29H30N4S. The van der Waals surface area contributed by atoms with Crippen LogP contribution in [0, 0.1) is 0 Å². The van der Waals surface area contributed by atoms with E-state index in [0.29, 0.717) is 5.11 Å². The van der Waals surface area contributed by atoms with Crippen LogP contribution >= 0.6 is 12.2 Å². The number of benzene rings is 3. The maximum atomic E-state index is 5.53. The normalized spacial score (nSPS) is 15.0. The zero-order chi connectivity index (χ0) is 23.7. The summed E-state index contributed by atoms with van der Waals surface area (Å²) < 4.78 is 0. The second-order valence-corrected chi connectivity index (χ2v) is 10.2. The Morgan fingerprint density at radius 3 is 2.38 bits per heavy atom. The zero-order valence-electron chi connectivity index (χ0n) is 19.9. The molecule has 2 aliphatic heterocycles. The number of thiocarbonyl (C=S) groups is 1. The Morgan fingerprint density at radius 2 is 1.65 bits per heavy atom. The summed E-state index contributed by atoms with van der Waals surface area (Å²) in [6, 6.07) is 25.3. The molecule has 0 saturated carbocycles. The zero-order valence-corrected chi connectivity index (χ0v) is 20.7. The Bertz CT molecular complexity index is 1270. The van der Waals surface area contributed by atoms with E-state index in [1.165, 1.54) is 22.4 Å². The van der Waals surface area contributed by atoms with Crippen molar-refractivity contribution < 1.29 is 0 Å². The van der Waals surface area contributed by atoms with Gasteiger partial charge in [0, 0.05) is 30.0 Å². The Labute approximate surface area is 207 Å². The van der Waals surface area contributed by atoms with Crippen LogP contribution in [0.1, 0.15) is 49.4 Å². The summed E-state index contributed by atoms with van der Waals surface area (Å²) in [5, 5.41) is 7.13. The first-order chi connectivity index (χ1) is 16.4. The fourth-order valence-corrected chi connectivity index (χ4v) is 4.68. The SMILES string of the molecule is CC(C)(C)c1ccc(C2=Cc3ccc(NC(=S)Nc4ccccc4)cc3C3=NCCCN23)cc1. The molecule has 3 aromatic carbocycles. The van der Waals surface area contributed by atoms with Crippen molar-refractivity contribution in [2.24, 2.45) is 4.99 Å². The molecule has 0 radical (unpaired) electrons. The minimum Gasteiger partial charge on any atom is -0.332 e. The largest absolute Gasteiger partial charge is 0.332 e. The fraction of sp³-hybridized carbons (Fsp3) is 0.241. The molecule has 5 heteroatoms. The Hall–Kier alpha value is -3.44. The van der Waals surface area contributed by atoms with Gasteiger partial charge in [0.1, 0.15) is 5.84 Å². The third kappa shape index (κ3) is 4.62. The van der Waals surface area contributed by atoms with Gasteiger partial charge >= 0.3 is 0 Å². The molecule has 3 aromatic rings. The molecule has 0 aromatic heterocycles. The predicted octanol–water partition coefficient (Wildman–Crippen LogP) is 6.76. The summed E-state index contributed by atoms with van der Waals surface area (Å²) in [6.45, 7) is 8.57. The van der Waals surface area contributed by atoms with E-state index in [1.54, 1.807) is 0 Å². The van der Waals surface area contributed by atoms with Crippen molar-refractivity contribution in [2.45, 2.75) is 32.6 Å². The monoisotopic (exact) mass is 466 g/mol. The second-order valence-electron chi connectivity index (χ2n) is 9.81. The highest BCUT2D eigenvalue weighted by Crippen LogP contribution is 2.35. The maximum absolute atomic E-state index is 5.53. The number of amidine groups is 1. The van der Waals surface area contributed by atoms with Crippen LogP contribution in [0.2, 0.25) is 0 Å². The van der Waals surface area contributed by atoms with Crippen LogP contribution in [0.3, 0.4) is 0 Å². The molecule has 2 heterocycles. The average Bonchev–Trinajstić information content (AvgIpc) is 2.84. The summed E-state index contributed by atoms with van der Waals surface area (Å²) in [4.78, 5) is 7.30. The number of nitrogens with zero attached hydrogens (tertiary/aromatic N) is 2. The van der Waals surface area contributed by atoms with Crippen LogP contribution in [0.4, 0.5) is 11.4 Å². The first-order valence-corrected chi connectivity index (χ1v) is 12.2. The van der Waals surface area contributed by atoms with Gasteiger partial charge in [-0.2, -0.15) is 0 Å². The quantitative estimate of drug-likeness (QED) is 0.419. The number of anilines is 2. The van der Waals surface area contributed by atoms with E-state index in [1.807, 2.05) is 30.3 Å². The Kier molecular flexibility index (Phi) is 5.96. The lowest BCUT2D eigenvalue weighted by molar-refractivity contribution is 0.528. The van der Waals surface area contributed by atoms with Gasteiger partial charge in [-0.25, -0.2) is 0 Å². The number of hydrogen-bond acceptors (Lipinski definition) is 3. The van der Waals surface area contributed by atoms with Gasteiger partial charge < -0.3 is 15.5 Å². The van der Waals surface area contributed by atoms with E-state index in [2.05, 4.69) is 84.8 Å². The fourth-order valence-electron chi connectivity index (χ4n) is 4.44. The highest BCUT2D eigenvalue weighted by atomic mass is 32.1. The van der Waals surface area contributed by atoms with Gasteiger partial charge in [-0.15, -0.1) is 0 Å². The Morgan fingerprint density at radius 1 is 0.912 bits per heavy atom. The molecule has 0 spiro atoms. The topological polar surface area (TPSA) is 39.7 Å². The van der Waals surface area contributed by atoms with E-state index >= 15 is 0 Å². The minimum absolute atomic E-state index is 0.142. The second kappa shape index (κ2) is 9.07. The van der Waals surface area contributed by atoms with E-state index in [4.69, 9.17) is 17.2 Å². The summed E-state index contributed by atoms with van der Waals surface area (Å²) in [5.74, 6) is 1.05. The summed E-state index contributed by atoms with van der Waals surface area (Å²) in [6.07, 6.45) is 3.34. The number of rotatable bonds is 3. The molecule has 0 aliphatic carbocycles. The highest BCUT2D eigenvalue weighted by Gasteiger charge is 2.28. The molecule has 34 heavy (non-hydrogen) atoms. The number of nitrogens with one attached hydrogen (secondary N) is 2. The number of hydrogen-bond donors (Lipinski definition) is 2. The Balaban J connectivity index is 1.44. The van der Waals surface area contributed by atoms with Gasteiger partial charge in [-0.1, -0.05) is 69.3 Å². The van der Waals surface area contributed by atoms with Gasteiger partial charge in [-0.05, 0) is 71.1 Å². The van der Waals surface area contributed by atoms with Crippen LogP contribution in [-0.2, 0) is 5.41 Å². The lowest BCUT2D eigenvalue weighted by atomic mass is 9.86. The van der Waals surface area contributed by atoms with Gasteiger partial charge in [0.05, 0.1) is 5.70 Å². The first kappa shape index (κ1) is 22.4. The van der Waals surface area contributed by atoms with E-state index in [9.17, 15) is 0 Å². The molecule has 2 aliphatic rings. The van der Waals surface area contributed by atoms with E-state index < -0.39 is 0 Å². The first-order valence-electron chi connectivity index (χ1n) is 11.8. The van der Waals surface area contributed by atoms with Gasteiger partial charge in [0.2, 0.25) is 0 Å². The maximum Gasteiger partial charge on any atom is 0.175 e. The molecule has 4 nitrogen and oxygen atoms in total. The molecule has 0 bridgehead atoms. The lowest BCUT2D eigenvalue weighted by Gasteiger charge is -2.36.